The molecule has 0 spiro atoms. The highest BCUT2D eigenvalue weighted by Gasteiger charge is 2.08. The van der Waals surface area contributed by atoms with Gasteiger partial charge in [0.05, 0.1) is 5.71 Å². The van der Waals surface area contributed by atoms with Crippen LogP contribution in [0, 0.1) is 17.8 Å². The molecule has 0 fully saturated rings. The van der Waals surface area contributed by atoms with Crippen molar-refractivity contribution in [1.82, 2.24) is 0 Å². The van der Waals surface area contributed by atoms with Gasteiger partial charge in [-0.3, -0.25) is 0 Å². The Balaban J connectivity index is 1.62. The summed E-state index contributed by atoms with van der Waals surface area (Å²) < 4.78 is 18.9. The molecule has 0 aliphatic heterocycles. The minimum Gasteiger partial charge on any atom is -0.487 e. The normalized spacial score (nSPS) is 11.5. The van der Waals surface area contributed by atoms with E-state index in [-0.39, 0.29) is 19.0 Å². The predicted octanol–water partition coefficient (Wildman–Crippen LogP) is 6.53. The molecule has 0 bridgehead atoms. The van der Waals surface area contributed by atoms with Gasteiger partial charge in [-0.15, -0.1) is 0 Å². The SMILES string of the molecule is CC(C)CC/C(=N\OCCOc1ccc[c]c1F)c1ccc(-c2ccccc2)cc1. The van der Waals surface area contributed by atoms with Crippen LogP contribution >= 0.6 is 0 Å². The van der Waals surface area contributed by atoms with Crippen molar-refractivity contribution in [2.75, 3.05) is 13.2 Å². The first-order valence-corrected chi connectivity index (χ1v) is 10.3. The van der Waals surface area contributed by atoms with Crippen molar-refractivity contribution in [2.45, 2.75) is 26.7 Å². The van der Waals surface area contributed by atoms with Crippen LogP contribution in [0.3, 0.4) is 0 Å². The molecule has 0 saturated heterocycles. The molecule has 0 aromatic heterocycles. The zero-order valence-electron chi connectivity index (χ0n) is 17.5. The van der Waals surface area contributed by atoms with E-state index in [1.54, 1.807) is 12.1 Å². The van der Waals surface area contributed by atoms with E-state index in [1.807, 2.05) is 18.2 Å². The zero-order chi connectivity index (χ0) is 21.2. The number of oxime groups is 1. The van der Waals surface area contributed by atoms with Crippen molar-refractivity contribution in [3.8, 4) is 16.9 Å². The van der Waals surface area contributed by atoms with Crippen LogP contribution in [0.4, 0.5) is 4.39 Å². The number of hydrogen-bond acceptors (Lipinski definition) is 3. The Morgan fingerprint density at radius 2 is 1.67 bits per heavy atom. The summed E-state index contributed by atoms with van der Waals surface area (Å²) in [5.74, 6) is 0.234. The number of nitrogens with zero attached hydrogens (tertiary/aromatic N) is 1. The molecular formula is C26H27FNO2. The van der Waals surface area contributed by atoms with Crippen molar-refractivity contribution >= 4 is 5.71 Å². The van der Waals surface area contributed by atoms with Crippen LogP contribution in [0.25, 0.3) is 11.1 Å². The highest BCUT2D eigenvalue weighted by atomic mass is 19.1. The van der Waals surface area contributed by atoms with Crippen LogP contribution < -0.4 is 4.74 Å². The van der Waals surface area contributed by atoms with E-state index in [0.717, 1.165) is 24.1 Å². The summed E-state index contributed by atoms with van der Waals surface area (Å²) in [6.45, 7) is 4.83. The van der Waals surface area contributed by atoms with Gasteiger partial charge in [-0.1, -0.05) is 85.7 Å². The third-order valence-electron chi connectivity index (χ3n) is 4.66. The summed E-state index contributed by atoms with van der Waals surface area (Å²) in [6.07, 6.45) is 1.84. The summed E-state index contributed by atoms with van der Waals surface area (Å²) >= 11 is 0. The van der Waals surface area contributed by atoms with E-state index in [0.29, 0.717) is 5.92 Å². The summed E-state index contributed by atoms with van der Waals surface area (Å²) in [5, 5.41) is 4.36. The summed E-state index contributed by atoms with van der Waals surface area (Å²) in [6, 6.07) is 25.9. The van der Waals surface area contributed by atoms with Gasteiger partial charge in [0.2, 0.25) is 0 Å². The number of ether oxygens (including phenoxy) is 1. The van der Waals surface area contributed by atoms with Gasteiger partial charge in [0, 0.05) is 6.07 Å². The van der Waals surface area contributed by atoms with E-state index >= 15 is 0 Å². The van der Waals surface area contributed by atoms with Crippen molar-refractivity contribution in [1.29, 1.82) is 0 Å². The topological polar surface area (TPSA) is 30.8 Å². The van der Waals surface area contributed by atoms with Crippen molar-refractivity contribution in [2.24, 2.45) is 11.1 Å². The number of halogens is 1. The zero-order valence-corrected chi connectivity index (χ0v) is 17.5. The van der Waals surface area contributed by atoms with Crippen LogP contribution in [0.2, 0.25) is 0 Å². The molecule has 0 heterocycles. The fourth-order valence-electron chi connectivity index (χ4n) is 2.98. The van der Waals surface area contributed by atoms with E-state index in [2.05, 4.69) is 61.5 Å². The second-order valence-electron chi connectivity index (χ2n) is 7.44. The standard InChI is InChI=1S/C26H27FNO2/c1-20(2)12-17-25(28-30-19-18-29-26-11-7-6-10-24(26)27)23-15-13-22(14-16-23)21-8-4-3-5-9-21/h3-9,11,13-16,20H,12,17-19H2,1-2H3/b28-25+. The quantitative estimate of drug-likeness (QED) is 0.218. The van der Waals surface area contributed by atoms with Gasteiger partial charge in [-0.05, 0) is 41.5 Å². The van der Waals surface area contributed by atoms with E-state index < -0.39 is 5.82 Å². The second kappa shape index (κ2) is 11.1. The van der Waals surface area contributed by atoms with E-state index in [9.17, 15) is 4.39 Å². The Hall–Kier alpha value is -3.14. The molecule has 0 amide bonds. The van der Waals surface area contributed by atoms with Gasteiger partial charge in [0.1, 0.15) is 6.61 Å². The summed E-state index contributed by atoms with van der Waals surface area (Å²) in [4.78, 5) is 5.49. The molecule has 3 rings (SSSR count). The lowest BCUT2D eigenvalue weighted by atomic mass is 9.98. The molecule has 30 heavy (non-hydrogen) atoms. The summed E-state index contributed by atoms with van der Waals surface area (Å²) in [5.41, 5.74) is 4.30. The van der Waals surface area contributed by atoms with E-state index in [4.69, 9.17) is 9.57 Å². The maximum Gasteiger partial charge on any atom is 0.172 e. The Morgan fingerprint density at radius 1 is 0.933 bits per heavy atom. The fraction of sp³-hybridized carbons (Fsp3) is 0.269. The molecule has 0 saturated carbocycles. The smallest absolute Gasteiger partial charge is 0.172 e. The average molecular weight is 405 g/mol. The van der Waals surface area contributed by atoms with Gasteiger partial charge >= 0.3 is 0 Å². The second-order valence-corrected chi connectivity index (χ2v) is 7.44. The van der Waals surface area contributed by atoms with Crippen molar-refractivity contribution in [3.63, 3.8) is 0 Å². The van der Waals surface area contributed by atoms with Gasteiger partial charge in [0.15, 0.2) is 18.2 Å². The minimum atomic E-state index is -0.503. The lowest BCUT2D eigenvalue weighted by Gasteiger charge is -2.11. The van der Waals surface area contributed by atoms with Crippen LogP contribution in [-0.2, 0) is 4.84 Å². The molecule has 0 atom stereocenters. The van der Waals surface area contributed by atoms with E-state index in [1.165, 1.54) is 17.2 Å². The average Bonchev–Trinajstić information content (AvgIpc) is 2.77. The van der Waals surface area contributed by atoms with Gasteiger partial charge < -0.3 is 9.57 Å². The maximum atomic E-state index is 13.5. The summed E-state index contributed by atoms with van der Waals surface area (Å²) in [7, 11) is 0. The Kier molecular flexibility index (Phi) is 8.02. The molecule has 0 N–H and O–H groups in total. The molecular weight excluding hydrogens is 377 g/mol. The van der Waals surface area contributed by atoms with Gasteiger partial charge in [-0.2, -0.15) is 0 Å². The molecule has 3 aromatic carbocycles. The molecule has 4 heteroatoms. The lowest BCUT2D eigenvalue weighted by Crippen LogP contribution is -2.08. The minimum absolute atomic E-state index is 0.168. The molecule has 3 nitrogen and oxygen atoms in total. The molecule has 0 unspecified atom stereocenters. The van der Waals surface area contributed by atoms with Gasteiger partial charge in [-0.25, -0.2) is 4.39 Å². The van der Waals surface area contributed by atoms with Gasteiger partial charge in [0.25, 0.3) is 0 Å². The number of benzene rings is 3. The molecule has 1 radical (unpaired) electrons. The molecule has 155 valence electrons. The Bertz CT molecular complexity index is 937. The third kappa shape index (κ3) is 6.45. The monoisotopic (exact) mass is 404 g/mol. The lowest BCUT2D eigenvalue weighted by molar-refractivity contribution is 0.105. The van der Waals surface area contributed by atoms with Crippen LogP contribution in [0.15, 0.2) is 78.0 Å². The molecule has 3 aromatic rings. The first-order chi connectivity index (χ1) is 14.6. The maximum absolute atomic E-state index is 13.5. The highest BCUT2D eigenvalue weighted by Crippen LogP contribution is 2.21. The van der Waals surface area contributed by atoms with Crippen LogP contribution in [0.1, 0.15) is 32.3 Å². The highest BCUT2D eigenvalue weighted by molar-refractivity contribution is 6.00. The number of rotatable bonds is 10. The van der Waals surface area contributed by atoms with Crippen molar-refractivity contribution in [3.05, 3.63) is 90.2 Å². The van der Waals surface area contributed by atoms with Crippen LogP contribution in [0.5, 0.6) is 5.75 Å². The van der Waals surface area contributed by atoms with Crippen LogP contribution in [-0.4, -0.2) is 18.9 Å². The Morgan fingerprint density at radius 3 is 2.37 bits per heavy atom. The fourth-order valence-corrected chi connectivity index (χ4v) is 2.98. The molecule has 0 aliphatic carbocycles. The first-order valence-electron chi connectivity index (χ1n) is 10.3. The molecule has 0 aliphatic rings. The third-order valence-corrected chi connectivity index (χ3v) is 4.66. The van der Waals surface area contributed by atoms with Crippen molar-refractivity contribution < 1.29 is 14.0 Å². The predicted molar refractivity (Wildman–Crippen MR) is 119 cm³/mol. The first kappa shape index (κ1) is 21.6. The Labute approximate surface area is 178 Å². The number of hydrogen-bond donors (Lipinski definition) is 0. The largest absolute Gasteiger partial charge is 0.487 e.